The second-order valence-corrected chi connectivity index (χ2v) is 2.08. The number of hydrogen-bond acceptors (Lipinski definition) is 0. The van der Waals surface area contributed by atoms with E-state index >= 15 is 0 Å². The Morgan fingerprint density at radius 1 is 1.57 bits per heavy atom. The number of allylic oxidation sites excluding steroid dienone is 4. The number of hydrogen-bond donors (Lipinski definition) is 0. The van der Waals surface area contributed by atoms with Crippen LogP contribution < -0.4 is 0 Å². The van der Waals surface area contributed by atoms with Gasteiger partial charge in [0.15, 0.2) is 0 Å². The van der Waals surface area contributed by atoms with Gasteiger partial charge in [0.05, 0.1) is 0 Å². The van der Waals surface area contributed by atoms with Crippen molar-refractivity contribution in [1.82, 2.24) is 0 Å². The predicted molar refractivity (Wildman–Crippen MR) is 22.5 cm³/mol. The Balaban J connectivity index is 0.000000360. The zero-order valence-electron chi connectivity index (χ0n) is 3.76. The van der Waals surface area contributed by atoms with Crippen LogP contribution in [0.5, 0.6) is 0 Å². The first-order valence-corrected chi connectivity index (χ1v) is 2.56. The summed E-state index contributed by atoms with van der Waals surface area (Å²) in [4.78, 5) is 0. The fourth-order valence-electron chi connectivity index (χ4n) is 0.428. The Morgan fingerprint density at radius 3 is 2.43 bits per heavy atom. The second kappa shape index (κ2) is 3.04. The van der Waals surface area contributed by atoms with E-state index in [-0.39, 0.29) is 5.48 Å². The van der Waals surface area contributed by atoms with E-state index in [2.05, 4.69) is 34.5 Å². The predicted octanol–water partition coefficient (Wildman–Crippen LogP) is 1.26. The van der Waals surface area contributed by atoms with E-state index in [0.717, 1.165) is 6.42 Å². The van der Waals surface area contributed by atoms with Crippen LogP contribution in [0.4, 0.5) is 0 Å². The van der Waals surface area contributed by atoms with E-state index in [4.69, 9.17) is 0 Å². The molecule has 0 aromatic heterocycles. The van der Waals surface area contributed by atoms with Gasteiger partial charge in [0, 0.05) is 0 Å². The van der Waals surface area contributed by atoms with Crippen LogP contribution in [0.2, 0.25) is 0 Å². The molecule has 0 radical (unpaired) electrons. The van der Waals surface area contributed by atoms with Gasteiger partial charge < -0.3 is 5.48 Å². The molecule has 0 heterocycles. The molecule has 0 aromatic carbocycles. The van der Waals surface area contributed by atoms with Gasteiger partial charge in [-0.2, -0.15) is 0 Å². The summed E-state index contributed by atoms with van der Waals surface area (Å²) in [5.41, 5.74) is 0. The second-order valence-electron chi connectivity index (χ2n) is 1.27. The average molecular weight is 133 g/mol. The van der Waals surface area contributed by atoms with Crippen molar-refractivity contribution < 1.29 is 21.8 Å². The Kier molecular flexibility index (Phi) is 3.03. The monoisotopic (exact) mass is 133 g/mol. The zero-order chi connectivity index (χ0) is 4.41. The van der Waals surface area contributed by atoms with Gasteiger partial charge >= 0.3 is 45.4 Å². The Morgan fingerprint density at radius 2 is 2.29 bits per heavy atom. The molecule has 1 aliphatic carbocycles. The molecule has 0 atom stereocenters. The number of rotatable bonds is 0. The van der Waals surface area contributed by atoms with Crippen LogP contribution in [0.25, 0.3) is 0 Å². The fourth-order valence-corrected chi connectivity index (χ4v) is 0.701. The summed E-state index contributed by atoms with van der Waals surface area (Å²) in [6, 6.07) is 0. The van der Waals surface area contributed by atoms with Gasteiger partial charge in [-0.3, -0.25) is 0 Å². The Hall–Kier alpha value is -0.0275. The van der Waals surface area contributed by atoms with Crippen molar-refractivity contribution in [3.8, 4) is 0 Å². The van der Waals surface area contributed by atoms with Crippen molar-refractivity contribution in [2.75, 3.05) is 0 Å². The summed E-state index contributed by atoms with van der Waals surface area (Å²) in [7, 11) is 0. The van der Waals surface area contributed by atoms with E-state index in [9.17, 15) is 0 Å². The van der Waals surface area contributed by atoms with Crippen molar-refractivity contribution in [2.24, 2.45) is 0 Å². The van der Waals surface area contributed by atoms with Gasteiger partial charge in [-0.05, 0) is 0 Å². The van der Waals surface area contributed by atoms with Gasteiger partial charge in [-0.25, -0.2) is 0 Å². The third-order valence-electron chi connectivity index (χ3n) is 0.737. The average Bonchev–Trinajstić information content (AvgIpc) is 1.86. The largest absolute Gasteiger partial charge is 2.00 e. The molecule has 0 spiro atoms. The van der Waals surface area contributed by atoms with Gasteiger partial charge in [0.1, 0.15) is 0 Å². The van der Waals surface area contributed by atoms with E-state index in [1.807, 2.05) is 0 Å². The molecule has 37 valence electrons. The minimum Gasteiger partial charge on any atom is -2.00 e. The minimum absolute atomic E-state index is 0. The third-order valence-corrected chi connectivity index (χ3v) is 1.21. The van der Waals surface area contributed by atoms with Gasteiger partial charge in [0.25, 0.3) is 0 Å². The summed E-state index contributed by atoms with van der Waals surface area (Å²) in [6.45, 7) is 0. The van der Waals surface area contributed by atoms with Crippen LogP contribution >= 0.6 is 0 Å². The molecule has 0 bridgehead atoms. The van der Waals surface area contributed by atoms with Gasteiger partial charge in [-0.15, -0.1) is 0 Å². The molecule has 0 aliphatic heterocycles. The SMILES string of the molecule is [Cr+2][C]1=CC=CC1.[O-2]. The molecule has 0 amide bonds. The molecule has 1 aliphatic rings. The van der Waals surface area contributed by atoms with Crippen LogP contribution in [-0.4, -0.2) is 0 Å². The van der Waals surface area contributed by atoms with Crippen molar-refractivity contribution >= 4 is 0 Å². The molecular weight excluding hydrogens is 128 g/mol. The standard InChI is InChI=1S/C5H5.Cr.O/c1-2-4-5-3-1;;/h1-3H,4H2;;/q;+2;-2. The maximum atomic E-state index is 2.94. The quantitative estimate of drug-likeness (QED) is 0.476. The molecular formula is C5H5CrO. The molecule has 1 nitrogen and oxygen atoms in total. The van der Waals surface area contributed by atoms with Crippen molar-refractivity contribution in [2.45, 2.75) is 6.42 Å². The van der Waals surface area contributed by atoms with Gasteiger partial charge in [0.2, 0.25) is 0 Å². The molecule has 7 heavy (non-hydrogen) atoms. The first-order chi connectivity index (χ1) is 2.89. The normalized spacial score (nSPS) is 15.6. The van der Waals surface area contributed by atoms with E-state index in [1.165, 1.54) is 4.44 Å². The molecule has 2 heteroatoms. The third kappa shape index (κ3) is 1.94. The van der Waals surface area contributed by atoms with Crippen molar-refractivity contribution in [1.29, 1.82) is 0 Å². The molecule has 0 N–H and O–H groups in total. The van der Waals surface area contributed by atoms with Crippen LogP contribution in [0.1, 0.15) is 6.42 Å². The van der Waals surface area contributed by atoms with Crippen LogP contribution in [0, 0.1) is 0 Å². The summed E-state index contributed by atoms with van der Waals surface area (Å²) in [5, 5.41) is 0. The van der Waals surface area contributed by atoms with Crippen molar-refractivity contribution in [3.05, 3.63) is 22.7 Å². The topological polar surface area (TPSA) is 28.5 Å². The first-order valence-electron chi connectivity index (χ1n) is 1.92. The Bertz CT molecular complexity index is 105. The summed E-state index contributed by atoms with van der Waals surface area (Å²) in [6.07, 6.45) is 7.39. The summed E-state index contributed by atoms with van der Waals surface area (Å²) >= 11 is 2.94. The van der Waals surface area contributed by atoms with Crippen molar-refractivity contribution in [3.63, 3.8) is 0 Å². The maximum Gasteiger partial charge on any atom is -2.00 e. The maximum absolute atomic E-state index is 2.94. The summed E-state index contributed by atoms with van der Waals surface area (Å²) < 4.78 is 1.34. The zero-order valence-corrected chi connectivity index (χ0v) is 5.03. The van der Waals surface area contributed by atoms with Crippen LogP contribution in [-0.2, 0) is 21.8 Å². The minimum atomic E-state index is 0. The molecule has 0 saturated heterocycles. The van der Waals surface area contributed by atoms with E-state index in [1.54, 1.807) is 0 Å². The molecule has 0 fully saturated rings. The Labute approximate surface area is 51.5 Å². The van der Waals surface area contributed by atoms with Crippen LogP contribution in [0.3, 0.4) is 0 Å². The van der Waals surface area contributed by atoms with E-state index < -0.39 is 0 Å². The van der Waals surface area contributed by atoms with E-state index in [0.29, 0.717) is 0 Å². The fraction of sp³-hybridized carbons (Fsp3) is 0.200. The molecule has 0 unspecified atom stereocenters. The smallest absolute Gasteiger partial charge is 2.00 e. The molecule has 0 saturated carbocycles. The first kappa shape index (κ1) is 6.97. The molecule has 0 aromatic rings. The molecule has 1 rings (SSSR count). The van der Waals surface area contributed by atoms with Gasteiger partial charge in [-0.1, -0.05) is 0 Å². The van der Waals surface area contributed by atoms with Crippen LogP contribution in [0.15, 0.2) is 22.7 Å². The summed E-state index contributed by atoms with van der Waals surface area (Å²) in [5.74, 6) is 0.